The van der Waals surface area contributed by atoms with Crippen molar-refractivity contribution >= 4 is 0 Å². The standard InChI is InChI=1S/C14H27NO2/c1-11-3-4-14(16,9-12(11)2)13(10-15)5-7-17-8-6-13/h11-12,16H,3-10,15H2,1-2H3. The second-order valence-corrected chi connectivity index (χ2v) is 6.33. The van der Waals surface area contributed by atoms with E-state index < -0.39 is 5.60 Å². The summed E-state index contributed by atoms with van der Waals surface area (Å²) in [5, 5.41) is 11.1. The lowest BCUT2D eigenvalue weighted by atomic mass is 9.58. The van der Waals surface area contributed by atoms with Crippen LogP contribution in [0.2, 0.25) is 0 Å². The maximum atomic E-state index is 11.1. The Morgan fingerprint density at radius 3 is 2.35 bits per heavy atom. The average molecular weight is 241 g/mol. The van der Waals surface area contributed by atoms with Gasteiger partial charge in [-0.15, -0.1) is 0 Å². The van der Waals surface area contributed by atoms with Crippen LogP contribution >= 0.6 is 0 Å². The molecule has 2 rings (SSSR count). The molecule has 1 heterocycles. The summed E-state index contributed by atoms with van der Waals surface area (Å²) in [6.45, 7) is 6.66. The first-order chi connectivity index (χ1) is 8.03. The van der Waals surface area contributed by atoms with Crippen molar-refractivity contribution in [2.75, 3.05) is 19.8 Å². The van der Waals surface area contributed by atoms with Gasteiger partial charge >= 0.3 is 0 Å². The summed E-state index contributed by atoms with van der Waals surface area (Å²) >= 11 is 0. The third kappa shape index (κ3) is 2.25. The SMILES string of the molecule is CC1CCC(O)(C2(CN)CCOCC2)CC1C. The van der Waals surface area contributed by atoms with E-state index in [9.17, 15) is 5.11 Å². The van der Waals surface area contributed by atoms with Crippen molar-refractivity contribution in [3.63, 3.8) is 0 Å². The monoisotopic (exact) mass is 241 g/mol. The highest BCUT2D eigenvalue weighted by molar-refractivity contribution is 5.03. The predicted octanol–water partition coefficient (Wildman–Crippen LogP) is 1.93. The summed E-state index contributed by atoms with van der Waals surface area (Å²) in [4.78, 5) is 0. The molecule has 1 aliphatic heterocycles. The van der Waals surface area contributed by atoms with Gasteiger partial charge in [0.2, 0.25) is 0 Å². The number of aliphatic hydroxyl groups is 1. The van der Waals surface area contributed by atoms with Gasteiger partial charge in [0, 0.05) is 25.2 Å². The molecule has 2 aliphatic rings. The molecule has 0 amide bonds. The van der Waals surface area contributed by atoms with Crippen LogP contribution in [0, 0.1) is 17.3 Å². The van der Waals surface area contributed by atoms with Gasteiger partial charge in [-0.05, 0) is 43.9 Å². The van der Waals surface area contributed by atoms with Gasteiger partial charge in [0.05, 0.1) is 5.60 Å². The number of hydrogen-bond acceptors (Lipinski definition) is 3. The predicted molar refractivity (Wildman–Crippen MR) is 68.7 cm³/mol. The first-order valence-corrected chi connectivity index (χ1v) is 7.03. The molecule has 3 unspecified atom stereocenters. The van der Waals surface area contributed by atoms with Crippen LogP contribution in [0.4, 0.5) is 0 Å². The molecule has 0 radical (unpaired) electrons. The van der Waals surface area contributed by atoms with E-state index in [-0.39, 0.29) is 5.41 Å². The first kappa shape index (κ1) is 13.3. The molecule has 2 fully saturated rings. The van der Waals surface area contributed by atoms with Crippen molar-refractivity contribution in [3.05, 3.63) is 0 Å². The van der Waals surface area contributed by atoms with Crippen molar-refractivity contribution < 1.29 is 9.84 Å². The number of nitrogens with two attached hydrogens (primary N) is 1. The lowest BCUT2D eigenvalue weighted by molar-refractivity contribution is -0.159. The molecular weight excluding hydrogens is 214 g/mol. The molecule has 1 saturated carbocycles. The van der Waals surface area contributed by atoms with E-state index in [1.165, 1.54) is 0 Å². The van der Waals surface area contributed by atoms with E-state index >= 15 is 0 Å². The van der Waals surface area contributed by atoms with E-state index in [2.05, 4.69) is 13.8 Å². The minimum atomic E-state index is -0.558. The summed E-state index contributed by atoms with van der Waals surface area (Å²) in [6.07, 6.45) is 4.78. The van der Waals surface area contributed by atoms with Gasteiger partial charge in [-0.3, -0.25) is 0 Å². The van der Waals surface area contributed by atoms with Crippen molar-refractivity contribution in [2.24, 2.45) is 23.0 Å². The van der Waals surface area contributed by atoms with Gasteiger partial charge < -0.3 is 15.6 Å². The molecule has 0 aromatic heterocycles. The smallest absolute Gasteiger partial charge is 0.0720 e. The van der Waals surface area contributed by atoms with Gasteiger partial charge in [-0.1, -0.05) is 13.8 Å². The molecule has 0 aromatic rings. The Kier molecular flexibility index (Phi) is 3.81. The molecule has 1 aliphatic carbocycles. The largest absolute Gasteiger partial charge is 0.389 e. The van der Waals surface area contributed by atoms with Gasteiger partial charge in [-0.25, -0.2) is 0 Å². The van der Waals surface area contributed by atoms with E-state index in [1.807, 2.05) is 0 Å². The summed E-state index contributed by atoms with van der Waals surface area (Å²) < 4.78 is 5.44. The normalized spacial score (nSPS) is 42.4. The summed E-state index contributed by atoms with van der Waals surface area (Å²) in [5.74, 6) is 1.32. The van der Waals surface area contributed by atoms with E-state index in [4.69, 9.17) is 10.5 Å². The maximum Gasteiger partial charge on any atom is 0.0720 e. The van der Waals surface area contributed by atoms with Gasteiger partial charge in [-0.2, -0.15) is 0 Å². The molecule has 3 nitrogen and oxygen atoms in total. The summed E-state index contributed by atoms with van der Waals surface area (Å²) in [5.41, 5.74) is 5.36. The fourth-order valence-electron chi connectivity index (χ4n) is 3.69. The zero-order valence-corrected chi connectivity index (χ0v) is 11.2. The molecular formula is C14H27NO2. The van der Waals surface area contributed by atoms with Crippen molar-refractivity contribution in [2.45, 2.75) is 51.6 Å². The number of hydrogen-bond donors (Lipinski definition) is 2. The van der Waals surface area contributed by atoms with Crippen molar-refractivity contribution in [1.82, 2.24) is 0 Å². The van der Waals surface area contributed by atoms with Gasteiger partial charge in [0.15, 0.2) is 0 Å². The minimum absolute atomic E-state index is 0.0976. The van der Waals surface area contributed by atoms with Crippen molar-refractivity contribution in [3.8, 4) is 0 Å². The second kappa shape index (κ2) is 4.87. The lowest BCUT2D eigenvalue weighted by Crippen LogP contribution is -2.57. The Bertz CT molecular complexity index is 263. The third-order valence-electron chi connectivity index (χ3n) is 5.47. The number of rotatable bonds is 2. The van der Waals surface area contributed by atoms with Gasteiger partial charge in [0.25, 0.3) is 0 Å². The topological polar surface area (TPSA) is 55.5 Å². The molecule has 3 N–H and O–H groups in total. The molecule has 100 valence electrons. The first-order valence-electron chi connectivity index (χ1n) is 7.03. The van der Waals surface area contributed by atoms with E-state index in [1.54, 1.807) is 0 Å². The second-order valence-electron chi connectivity index (χ2n) is 6.33. The fraction of sp³-hybridized carbons (Fsp3) is 1.00. The van der Waals surface area contributed by atoms with E-state index in [0.717, 1.165) is 51.2 Å². The molecule has 0 aromatic carbocycles. The van der Waals surface area contributed by atoms with Crippen LogP contribution in [0.5, 0.6) is 0 Å². The van der Waals surface area contributed by atoms with Crippen LogP contribution in [-0.4, -0.2) is 30.5 Å². The van der Waals surface area contributed by atoms with Crippen LogP contribution < -0.4 is 5.73 Å². The number of ether oxygens (including phenoxy) is 1. The Morgan fingerprint density at radius 1 is 1.18 bits per heavy atom. The Hall–Kier alpha value is -0.120. The molecule has 17 heavy (non-hydrogen) atoms. The maximum absolute atomic E-state index is 11.1. The molecule has 3 atom stereocenters. The van der Waals surface area contributed by atoms with Crippen molar-refractivity contribution in [1.29, 1.82) is 0 Å². The van der Waals surface area contributed by atoms with Crippen LogP contribution in [0.25, 0.3) is 0 Å². The van der Waals surface area contributed by atoms with Crippen LogP contribution in [0.1, 0.15) is 46.0 Å². The zero-order valence-electron chi connectivity index (χ0n) is 11.2. The molecule has 0 bridgehead atoms. The lowest BCUT2D eigenvalue weighted by Gasteiger charge is -2.53. The highest BCUT2D eigenvalue weighted by Crippen LogP contribution is 2.50. The summed E-state index contributed by atoms with van der Waals surface area (Å²) in [7, 11) is 0. The van der Waals surface area contributed by atoms with Gasteiger partial charge in [0.1, 0.15) is 0 Å². The van der Waals surface area contributed by atoms with E-state index in [0.29, 0.717) is 12.5 Å². The fourth-order valence-corrected chi connectivity index (χ4v) is 3.69. The highest BCUT2D eigenvalue weighted by Gasteiger charge is 2.52. The average Bonchev–Trinajstić information content (AvgIpc) is 2.35. The molecule has 3 heteroatoms. The van der Waals surface area contributed by atoms with Crippen LogP contribution in [-0.2, 0) is 4.74 Å². The molecule has 0 spiro atoms. The Labute approximate surface area is 105 Å². The quantitative estimate of drug-likeness (QED) is 0.776. The Morgan fingerprint density at radius 2 is 1.82 bits per heavy atom. The highest BCUT2D eigenvalue weighted by atomic mass is 16.5. The van der Waals surface area contributed by atoms with Crippen LogP contribution in [0.15, 0.2) is 0 Å². The minimum Gasteiger partial charge on any atom is -0.389 e. The third-order valence-corrected chi connectivity index (χ3v) is 5.47. The summed E-state index contributed by atoms with van der Waals surface area (Å²) in [6, 6.07) is 0. The Balaban J connectivity index is 2.17. The van der Waals surface area contributed by atoms with Crippen LogP contribution in [0.3, 0.4) is 0 Å². The zero-order chi connectivity index (χ0) is 12.5. The molecule has 1 saturated heterocycles.